The van der Waals surface area contributed by atoms with Crippen molar-refractivity contribution in [1.82, 2.24) is 15.0 Å². The highest BCUT2D eigenvalue weighted by atomic mass is 16.5. The molecule has 1 aromatic carbocycles. The van der Waals surface area contributed by atoms with Crippen molar-refractivity contribution >= 4 is 16.6 Å². The Balaban J connectivity index is 2.09. The summed E-state index contributed by atoms with van der Waals surface area (Å²) in [6, 6.07) is 9.42. The quantitative estimate of drug-likeness (QED) is 0.710. The normalized spacial score (nSPS) is 10.6. The number of nitrogens with zero attached hydrogens (tertiary/aromatic N) is 3. The van der Waals surface area contributed by atoms with Crippen molar-refractivity contribution in [3.63, 3.8) is 0 Å². The molecule has 94 valence electrons. The van der Waals surface area contributed by atoms with Gasteiger partial charge in [0.25, 0.3) is 0 Å². The van der Waals surface area contributed by atoms with Gasteiger partial charge in [-0.15, -0.1) is 0 Å². The number of pyridine rings is 1. The first-order valence-corrected chi connectivity index (χ1v) is 5.85. The van der Waals surface area contributed by atoms with E-state index in [2.05, 4.69) is 15.0 Å². The number of nitrogens with two attached hydrogens (primary N) is 1. The van der Waals surface area contributed by atoms with E-state index in [4.69, 9.17) is 10.5 Å². The minimum absolute atomic E-state index is 0.303. The second kappa shape index (κ2) is 4.53. The van der Waals surface area contributed by atoms with E-state index in [1.54, 1.807) is 24.5 Å². The van der Waals surface area contributed by atoms with E-state index in [1.165, 1.54) is 0 Å². The Morgan fingerprint density at radius 2 is 1.95 bits per heavy atom. The van der Waals surface area contributed by atoms with Crippen LogP contribution in [0.3, 0.4) is 0 Å². The van der Waals surface area contributed by atoms with Crippen LogP contribution in [0, 0.1) is 6.92 Å². The predicted molar refractivity (Wildman–Crippen MR) is 73.0 cm³/mol. The van der Waals surface area contributed by atoms with Crippen molar-refractivity contribution in [2.75, 3.05) is 5.73 Å². The van der Waals surface area contributed by atoms with Crippen molar-refractivity contribution < 1.29 is 4.74 Å². The zero-order valence-corrected chi connectivity index (χ0v) is 10.4. The molecule has 0 atom stereocenters. The van der Waals surface area contributed by atoms with Crippen molar-refractivity contribution in [2.45, 2.75) is 6.92 Å². The second-order valence-electron chi connectivity index (χ2n) is 4.14. The van der Waals surface area contributed by atoms with E-state index in [0.717, 1.165) is 11.1 Å². The number of aromatic nitrogens is 3. The van der Waals surface area contributed by atoms with Gasteiger partial charge >= 0.3 is 6.01 Å². The van der Waals surface area contributed by atoms with E-state index >= 15 is 0 Å². The van der Waals surface area contributed by atoms with Gasteiger partial charge in [0.15, 0.2) is 5.75 Å². The number of anilines is 1. The van der Waals surface area contributed by atoms with E-state index in [1.807, 2.05) is 25.1 Å². The van der Waals surface area contributed by atoms with Gasteiger partial charge in [0.1, 0.15) is 5.52 Å². The maximum atomic E-state index is 5.92. The lowest BCUT2D eigenvalue weighted by Gasteiger charge is -2.08. The van der Waals surface area contributed by atoms with Crippen molar-refractivity contribution in [3.05, 3.63) is 48.4 Å². The molecule has 0 saturated carbocycles. The first-order chi connectivity index (χ1) is 9.24. The van der Waals surface area contributed by atoms with Crippen molar-refractivity contribution in [3.8, 4) is 11.8 Å². The van der Waals surface area contributed by atoms with Crippen LogP contribution in [-0.4, -0.2) is 15.0 Å². The molecular formula is C14H12N4O. The van der Waals surface area contributed by atoms with Crippen LogP contribution in [0.15, 0.2) is 42.7 Å². The van der Waals surface area contributed by atoms with E-state index in [-0.39, 0.29) is 0 Å². The molecule has 0 spiro atoms. The molecule has 3 aromatic rings. The van der Waals surface area contributed by atoms with Crippen molar-refractivity contribution in [1.29, 1.82) is 0 Å². The molecule has 5 nitrogen and oxygen atoms in total. The van der Waals surface area contributed by atoms with Gasteiger partial charge in [0, 0.05) is 29.2 Å². The molecule has 0 aliphatic carbocycles. The van der Waals surface area contributed by atoms with Gasteiger partial charge in [-0.1, -0.05) is 0 Å². The number of hydrogen-bond acceptors (Lipinski definition) is 5. The average Bonchev–Trinajstić information content (AvgIpc) is 2.42. The van der Waals surface area contributed by atoms with Crippen LogP contribution in [0.1, 0.15) is 5.69 Å². The van der Waals surface area contributed by atoms with E-state index in [0.29, 0.717) is 23.0 Å². The van der Waals surface area contributed by atoms with Gasteiger partial charge in [-0.3, -0.25) is 4.98 Å². The number of nitrogen functional groups attached to an aromatic ring is 1. The maximum absolute atomic E-state index is 5.92. The third-order valence-corrected chi connectivity index (χ3v) is 2.74. The Morgan fingerprint density at radius 3 is 2.79 bits per heavy atom. The SMILES string of the molecule is Cc1ccnc(Oc2ccc(N)c3cccnc23)n1. The fourth-order valence-electron chi connectivity index (χ4n) is 1.82. The molecule has 2 N–H and O–H groups in total. The summed E-state index contributed by atoms with van der Waals surface area (Å²) in [6.45, 7) is 1.88. The third-order valence-electron chi connectivity index (χ3n) is 2.74. The molecular weight excluding hydrogens is 240 g/mol. The van der Waals surface area contributed by atoms with Crippen LogP contribution in [-0.2, 0) is 0 Å². The standard InChI is InChI=1S/C14H12N4O/c1-9-6-8-17-14(18-9)19-12-5-4-11(15)10-3-2-7-16-13(10)12/h2-8H,15H2,1H3. The highest BCUT2D eigenvalue weighted by molar-refractivity contribution is 5.94. The van der Waals surface area contributed by atoms with Crippen LogP contribution in [0.5, 0.6) is 11.8 Å². The molecule has 0 amide bonds. The first kappa shape index (κ1) is 11.4. The minimum Gasteiger partial charge on any atom is -0.422 e. The molecule has 5 heteroatoms. The van der Waals surface area contributed by atoms with Gasteiger partial charge in [-0.2, -0.15) is 0 Å². The summed E-state index contributed by atoms with van der Waals surface area (Å²) in [5.41, 5.74) is 8.13. The number of fused-ring (bicyclic) bond motifs is 1. The zero-order chi connectivity index (χ0) is 13.2. The molecule has 0 bridgehead atoms. The lowest BCUT2D eigenvalue weighted by molar-refractivity contribution is 0.444. The lowest BCUT2D eigenvalue weighted by Crippen LogP contribution is -1.96. The number of hydrogen-bond donors (Lipinski definition) is 1. The molecule has 0 unspecified atom stereocenters. The summed E-state index contributed by atoms with van der Waals surface area (Å²) >= 11 is 0. The Labute approximate surface area is 110 Å². The first-order valence-electron chi connectivity index (χ1n) is 5.85. The molecule has 0 radical (unpaired) electrons. The van der Waals surface area contributed by atoms with Gasteiger partial charge in [0.2, 0.25) is 0 Å². The summed E-state index contributed by atoms with van der Waals surface area (Å²) in [5.74, 6) is 0.593. The summed E-state index contributed by atoms with van der Waals surface area (Å²) in [4.78, 5) is 12.6. The average molecular weight is 252 g/mol. The predicted octanol–water partition coefficient (Wildman–Crippen LogP) is 2.71. The Kier molecular flexibility index (Phi) is 2.72. The van der Waals surface area contributed by atoms with Crippen LogP contribution in [0.25, 0.3) is 10.9 Å². The minimum atomic E-state index is 0.303. The van der Waals surface area contributed by atoms with Gasteiger partial charge in [0.05, 0.1) is 0 Å². The molecule has 0 fully saturated rings. The summed E-state index contributed by atoms with van der Waals surface area (Å²) in [5, 5.41) is 0.854. The van der Waals surface area contributed by atoms with Gasteiger partial charge in [-0.25, -0.2) is 9.97 Å². The Morgan fingerprint density at radius 1 is 1.05 bits per heavy atom. The smallest absolute Gasteiger partial charge is 0.322 e. The fourth-order valence-corrected chi connectivity index (χ4v) is 1.82. The Bertz CT molecular complexity index is 742. The molecule has 2 aromatic heterocycles. The fraction of sp³-hybridized carbons (Fsp3) is 0.0714. The van der Waals surface area contributed by atoms with Gasteiger partial charge < -0.3 is 10.5 Å². The highest BCUT2D eigenvalue weighted by Crippen LogP contribution is 2.30. The molecule has 0 aliphatic rings. The zero-order valence-electron chi connectivity index (χ0n) is 10.4. The van der Waals surface area contributed by atoms with E-state index in [9.17, 15) is 0 Å². The third kappa shape index (κ3) is 2.18. The lowest BCUT2D eigenvalue weighted by atomic mass is 10.2. The molecule has 2 heterocycles. The van der Waals surface area contributed by atoms with Crippen LogP contribution >= 0.6 is 0 Å². The number of rotatable bonds is 2. The van der Waals surface area contributed by atoms with Crippen LogP contribution < -0.4 is 10.5 Å². The van der Waals surface area contributed by atoms with E-state index < -0.39 is 0 Å². The monoisotopic (exact) mass is 252 g/mol. The number of ether oxygens (including phenoxy) is 1. The van der Waals surface area contributed by atoms with Crippen LogP contribution in [0.2, 0.25) is 0 Å². The molecule has 0 aliphatic heterocycles. The molecule has 3 rings (SSSR count). The second-order valence-corrected chi connectivity index (χ2v) is 4.14. The number of aryl methyl sites for hydroxylation is 1. The van der Waals surface area contributed by atoms with Crippen molar-refractivity contribution in [2.24, 2.45) is 0 Å². The molecule has 0 saturated heterocycles. The largest absolute Gasteiger partial charge is 0.422 e. The Hall–Kier alpha value is -2.69. The topological polar surface area (TPSA) is 73.9 Å². The summed E-state index contributed by atoms with van der Waals surface area (Å²) in [7, 11) is 0. The molecule has 19 heavy (non-hydrogen) atoms. The summed E-state index contributed by atoms with van der Waals surface area (Å²) < 4.78 is 5.69. The summed E-state index contributed by atoms with van der Waals surface area (Å²) in [6.07, 6.45) is 3.36. The maximum Gasteiger partial charge on any atom is 0.322 e. The van der Waals surface area contributed by atoms with Gasteiger partial charge in [-0.05, 0) is 37.3 Å². The highest BCUT2D eigenvalue weighted by Gasteiger charge is 2.08. The number of benzene rings is 1. The van der Waals surface area contributed by atoms with Crippen LogP contribution in [0.4, 0.5) is 5.69 Å².